The highest BCUT2D eigenvalue weighted by Crippen LogP contribution is 2.46. The summed E-state index contributed by atoms with van der Waals surface area (Å²) in [4.78, 5) is 21.4. The topological polar surface area (TPSA) is 106 Å². The maximum Gasteiger partial charge on any atom is 0.302 e. The minimum Gasteiger partial charge on any atom is -0.337 e. The van der Waals surface area contributed by atoms with Gasteiger partial charge >= 0.3 is 5.92 Å². The van der Waals surface area contributed by atoms with Crippen LogP contribution in [0.15, 0.2) is 66.0 Å². The van der Waals surface area contributed by atoms with Gasteiger partial charge in [0.25, 0.3) is 5.91 Å². The number of nitrogens with two attached hydrogens (primary N) is 1. The van der Waals surface area contributed by atoms with Crippen molar-refractivity contribution in [1.82, 2.24) is 14.9 Å². The molecule has 2 heterocycles. The van der Waals surface area contributed by atoms with Crippen molar-refractivity contribution in [2.75, 3.05) is 19.8 Å². The molecule has 0 spiro atoms. The fourth-order valence-corrected chi connectivity index (χ4v) is 5.32. The Morgan fingerprint density at radius 2 is 1.77 bits per heavy atom. The van der Waals surface area contributed by atoms with Crippen LogP contribution in [-0.4, -0.2) is 49.0 Å². The third-order valence-electron chi connectivity index (χ3n) is 6.10. The second kappa shape index (κ2) is 9.74. The molecule has 11 heteroatoms. The summed E-state index contributed by atoms with van der Waals surface area (Å²) in [5, 5.41) is 5.27. The van der Waals surface area contributed by atoms with E-state index >= 15 is 8.78 Å². The van der Waals surface area contributed by atoms with Crippen LogP contribution in [-0.2, 0) is 15.9 Å². The molecule has 1 aliphatic heterocycles. The zero-order valence-corrected chi connectivity index (χ0v) is 19.4. The molecule has 4 rings (SSSR count). The Balaban J connectivity index is 1.80. The molecule has 0 radical (unpaired) electrons. The maximum atomic E-state index is 15.0. The summed E-state index contributed by atoms with van der Waals surface area (Å²) in [6.45, 7) is -1.64. The van der Waals surface area contributed by atoms with Crippen LogP contribution in [0, 0.1) is 0 Å². The predicted molar refractivity (Wildman–Crippen MR) is 123 cm³/mol. The van der Waals surface area contributed by atoms with Gasteiger partial charge in [0.15, 0.2) is 6.67 Å². The quantitative estimate of drug-likeness (QED) is 0.549. The van der Waals surface area contributed by atoms with Crippen molar-refractivity contribution < 1.29 is 26.4 Å². The average Bonchev–Trinajstić information content (AvgIpc) is 2.88. The van der Waals surface area contributed by atoms with E-state index in [1.807, 2.05) is 0 Å². The number of likely N-dealkylation sites (tertiary alicyclic amines) is 1. The molecule has 1 aliphatic rings. The van der Waals surface area contributed by atoms with Crippen LogP contribution in [0.1, 0.15) is 40.4 Å². The number of aromatic nitrogens is 2. The molecule has 7 nitrogen and oxygen atoms in total. The molecule has 2 N–H and O–H groups in total. The first-order valence-electron chi connectivity index (χ1n) is 10.9. The molecule has 3 aromatic rings. The fourth-order valence-electron chi connectivity index (χ4n) is 4.52. The average molecular weight is 505 g/mol. The Kier molecular flexibility index (Phi) is 6.91. The first-order valence-corrected chi connectivity index (χ1v) is 12.4. The van der Waals surface area contributed by atoms with Crippen molar-refractivity contribution in [2.45, 2.75) is 29.6 Å². The molecule has 0 atom stereocenters. The largest absolute Gasteiger partial charge is 0.337 e. The van der Waals surface area contributed by atoms with E-state index in [1.54, 1.807) is 35.2 Å². The molecule has 184 valence electrons. The van der Waals surface area contributed by atoms with Crippen molar-refractivity contribution in [3.8, 4) is 11.1 Å². The molecular formula is C24H23F3N4O3S. The Hall–Kier alpha value is -3.31. The minimum absolute atomic E-state index is 0.0389. The van der Waals surface area contributed by atoms with Crippen LogP contribution >= 0.6 is 0 Å². The molecule has 1 amide bonds. The van der Waals surface area contributed by atoms with E-state index in [0.29, 0.717) is 11.1 Å². The highest BCUT2D eigenvalue weighted by atomic mass is 32.2. The first-order chi connectivity index (χ1) is 16.6. The second-order valence-corrected chi connectivity index (χ2v) is 9.84. The van der Waals surface area contributed by atoms with Gasteiger partial charge in [-0.1, -0.05) is 36.4 Å². The Morgan fingerprint density at radius 1 is 1.09 bits per heavy atom. The Morgan fingerprint density at radius 3 is 2.34 bits per heavy atom. The summed E-state index contributed by atoms with van der Waals surface area (Å²) in [6.07, 6.45) is 4.71. The summed E-state index contributed by atoms with van der Waals surface area (Å²) in [7, 11) is -4.57. The van der Waals surface area contributed by atoms with Gasteiger partial charge in [0.05, 0.1) is 11.1 Å². The van der Waals surface area contributed by atoms with Crippen molar-refractivity contribution in [3.05, 3.63) is 77.9 Å². The van der Waals surface area contributed by atoms with Crippen molar-refractivity contribution in [1.29, 1.82) is 0 Å². The standard InChI is InChI=1S/C24H23F3N4O3S/c25-15-24(26,27)22-20(35(28,33)34)7-6-18(16-4-2-1-3-5-16)21(22)17-8-12-31(13-9-17)23(32)19-14-29-10-11-30-19/h1-7,10-11,14,17H,8-9,12-13,15H2,(H2,28,33,34). The number of carbonyl (C=O) groups is 1. The number of amides is 1. The summed E-state index contributed by atoms with van der Waals surface area (Å²) < 4.78 is 68.2. The van der Waals surface area contributed by atoms with E-state index in [4.69, 9.17) is 5.14 Å². The normalized spacial score (nSPS) is 15.3. The lowest BCUT2D eigenvalue weighted by atomic mass is 9.80. The van der Waals surface area contributed by atoms with Crippen LogP contribution in [0.25, 0.3) is 11.1 Å². The van der Waals surface area contributed by atoms with E-state index in [2.05, 4.69) is 9.97 Å². The van der Waals surface area contributed by atoms with Gasteiger partial charge < -0.3 is 4.90 Å². The van der Waals surface area contributed by atoms with Gasteiger partial charge in [0, 0.05) is 31.0 Å². The van der Waals surface area contributed by atoms with Crippen LogP contribution in [0.3, 0.4) is 0 Å². The number of sulfonamides is 1. The lowest BCUT2D eigenvalue weighted by Crippen LogP contribution is -2.39. The van der Waals surface area contributed by atoms with Gasteiger partial charge in [0.2, 0.25) is 10.0 Å². The zero-order chi connectivity index (χ0) is 25.2. The van der Waals surface area contributed by atoms with E-state index in [9.17, 15) is 17.6 Å². The van der Waals surface area contributed by atoms with Crippen molar-refractivity contribution in [3.63, 3.8) is 0 Å². The third-order valence-corrected chi connectivity index (χ3v) is 7.06. The van der Waals surface area contributed by atoms with E-state index < -0.39 is 39.0 Å². The summed E-state index contributed by atoms with van der Waals surface area (Å²) in [5.74, 6) is -4.98. The number of piperidine rings is 1. The van der Waals surface area contributed by atoms with Crippen LogP contribution in [0.2, 0.25) is 0 Å². The van der Waals surface area contributed by atoms with E-state index in [1.165, 1.54) is 24.7 Å². The predicted octanol–water partition coefficient (Wildman–Crippen LogP) is 3.87. The van der Waals surface area contributed by atoms with Gasteiger partial charge in [0.1, 0.15) is 5.69 Å². The second-order valence-electron chi connectivity index (χ2n) is 8.31. The molecule has 2 aromatic carbocycles. The minimum atomic E-state index is -4.57. The molecule has 1 fully saturated rings. The molecule has 1 saturated heterocycles. The van der Waals surface area contributed by atoms with Gasteiger partial charge in [-0.25, -0.2) is 22.9 Å². The number of halogens is 3. The van der Waals surface area contributed by atoms with E-state index in [-0.39, 0.29) is 43.1 Å². The van der Waals surface area contributed by atoms with Gasteiger partial charge in [-0.15, -0.1) is 0 Å². The molecule has 0 bridgehead atoms. The smallest absolute Gasteiger partial charge is 0.302 e. The highest BCUT2D eigenvalue weighted by Gasteiger charge is 2.42. The first kappa shape index (κ1) is 24.8. The number of benzene rings is 2. The molecule has 35 heavy (non-hydrogen) atoms. The van der Waals surface area contributed by atoms with Gasteiger partial charge in [-0.05, 0) is 41.5 Å². The highest BCUT2D eigenvalue weighted by molar-refractivity contribution is 7.89. The lowest BCUT2D eigenvalue weighted by molar-refractivity contribution is -0.0320. The molecule has 1 aromatic heterocycles. The van der Waals surface area contributed by atoms with Gasteiger partial charge in [-0.2, -0.15) is 8.78 Å². The number of hydrogen-bond acceptors (Lipinski definition) is 5. The van der Waals surface area contributed by atoms with Crippen molar-refractivity contribution >= 4 is 15.9 Å². The maximum absolute atomic E-state index is 15.0. The summed E-state index contributed by atoms with van der Waals surface area (Å²) in [5.41, 5.74) is 0.244. The van der Waals surface area contributed by atoms with Crippen LogP contribution in [0.5, 0.6) is 0 Å². The number of alkyl halides is 3. The number of carbonyl (C=O) groups excluding carboxylic acids is 1. The monoisotopic (exact) mass is 504 g/mol. The molecule has 0 unspecified atom stereocenters. The lowest BCUT2D eigenvalue weighted by Gasteiger charge is -2.35. The van der Waals surface area contributed by atoms with Crippen LogP contribution < -0.4 is 5.14 Å². The van der Waals surface area contributed by atoms with Crippen molar-refractivity contribution in [2.24, 2.45) is 5.14 Å². The SMILES string of the molecule is NS(=O)(=O)c1ccc(-c2ccccc2)c(C2CCN(C(=O)c3cnccn3)CC2)c1C(F)(F)CF. The Labute approximate surface area is 200 Å². The third kappa shape index (κ3) is 5.06. The summed E-state index contributed by atoms with van der Waals surface area (Å²) in [6, 6.07) is 11.1. The van der Waals surface area contributed by atoms with Crippen LogP contribution in [0.4, 0.5) is 13.2 Å². The fraction of sp³-hybridized carbons (Fsp3) is 0.292. The van der Waals surface area contributed by atoms with E-state index in [0.717, 1.165) is 6.07 Å². The molecule has 0 aliphatic carbocycles. The number of hydrogen-bond donors (Lipinski definition) is 1. The van der Waals surface area contributed by atoms with Gasteiger partial charge in [-0.3, -0.25) is 9.78 Å². The molecule has 0 saturated carbocycles. The molecular weight excluding hydrogens is 481 g/mol. The number of rotatable bonds is 6. The summed E-state index contributed by atoms with van der Waals surface area (Å²) >= 11 is 0. The number of nitrogens with zero attached hydrogens (tertiary/aromatic N) is 3. The number of primary sulfonamides is 1. The zero-order valence-electron chi connectivity index (χ0n) is 18.6. The Bertz CT molecular complexity index is 1310.